The number of nitrogens with zero attached hydrogens (tertiary/aromatic N) is 2. The average molecular weight is 306 g/mol. The lowest BCUT2D eigenvalue weighted by Crippen LogP contribution is -2.18. The van der Waals surface area contributed by atoms with Crippen LogP contribution in [0.25, 0.3) is 0 Å². The molecule has 0 fully saturated rings. The van der Waals surface area contributed by atoms with Crippen molar-refractivity contribution in [3.8, 4) is 5.75 Å². The predicted molar refractivity (Wildman–Crippen MR) is 87.0 cm³/mol. The monoisotopic (exact) mass is 305 g/mol. The maximum Gasteiger partial charge on any atom is 0.126 e. The van der Waals surface area contributed by atoms with Crippen LogP contribution in [0.4, 0.5) is 5.82 Å². The minimum atomic E-state index is 0.690. The zero-order chi connectivity index (χ0) is 15.2. The van der Waals surface area contributed by atoms with Gasteiger partial charge in [-0.15, -0.1) is 0 Å². The SMILES string of the molecule is CNc1ccc(Cl)c(CN(C)Cc2ccc(OC)cc2)n1. The van der Waals surface area contributed by atoms with Crippen LogP contribution in [0.1, 0.15) is 11.3 Å². The highest BCUT2D eigenvalue weighted by Gasteiger charge is 2.08. The first kappa shape index (κ1) is 15.6. The van der Waals surface area contributed by atoms with Crippen LogP contribution in [0.15, 0.2) is 36.4 Å². The molecule has 1 N–H and O–H groups in total. The van der Waals surface area contributed by atoms with Gasteiger partial charge in [-0.1, -0.05) is 23.7 Å². The van der Waals surface area contributed by atoms with Crippen LogP contribution in [0.5, 0.6) is 5.75 Å². The first-order valence-corrected chi connectivity index (χ1v) is 7.15. The van der Waals surface area contributed by atoms with Crippen LogP contribution >= 0.6 is 11.6 Å². The average Bonchev–Trinajstić information content (AvgIpc) is 2.50. The largest absolute Gasteiger partial charge is 0.497 e. The summed E-state index contributed by atoms with van der Waals surface area (Å²) in [7, 11) is 5.57. The highest BCUT2D eigenvalue weighted by Crippen LogP contribution is 2.19. The van der Waals surface area contributed by atoms with Gasteiger partial charge in [-0.3, -0.25) is 4.90 Å². The fourth-order valence-corrected chi connectivity index (χ4v) is 2.25. The molecule has 112 valence electrons. The molecule has 0 amide bonds. The number of rotatable bonds is 6. The van der Waals surface area contributed by atoms with Gasteiger partial charge in [0.1, 0.15) is 11.6 Å². The van der Waals surface area contributed by atoms with Gasteiger partial charge < -0.3 is 10.1 Å². The molecule has 1 heterocycles. The van der Waals surface area contributed by atoms with E-state index in [-0.39, 0.29) is 0 Å². The van der Waals surface area contributed by atoms with E-state index >= 15 is 0 Å². The maximum absolute atomic E-state index is 6.21. The van der Waals surface area contributed by atoms with Crippen molar-refractivity contribution >= 4 is 17.4 Å². The molecule has 2 rings (SSSR count). The molecule has 5 heteroatoms. The van der Waals surface area contributed by atoms with Crippen LogP contribution in [0.2, 0.25) is 5.02 Å². The topological polar surface area (TPSA) is 37.4 Å². The van der Waals surface area contributed by atoms with E-state index in [0.29, 0.717) is 11.6 Å². The molecule has 1 aromatic heterocycles. The van der Waals surface area contributed by atoms with Crippen molar-refractivity contribution in [2.24, 2.45) is 0 Å². The Morgan fingerprint density at radius 2 is 1.86 bits per heavy atom. The summed E-state index contributed by atoms with van der Waals surface area (Å²) in [6.07, 6.45) is 0. The highest BCUT2D eigenvalue weighted by atomic mass is 35.5. The van der Waals surface area contributed by atoms with Gasteiger partial charge >= 0.3 is 0 Å². The van der Waals surface area contributed by atoms with Crippen LogP contribution in [0, 0.1) is 0 Å². The Labute approximate surface area is 130 Å². The van der Waals surface area contributed by atoms with Crippen molar-refractivity contribution in [3.05, 3.63) is 52.7 Å². The van der Waals surface area contributed by atoms with Gasteiger partial charge in [0.25, 0.3) is 0 Å². The summed E-state index contributed by atoms with van der Waals surface area (Å²) >= 11 is 6.21. The minimum absolute atomic E-state index is 0.690. The smallest absolute Gasteiger partial charge is 0.126 e. The van der Waals surface area contributed by atoms with Gasteiger partial charge in [-0.2, -0.15) is 0 Å². The summed E-state index contributed by atoms with van der Waals surface area (Å²) in [5, 5.41) is 3.72. The van der Waals surface area contributed by atoms with E-state index in [9.17, 15) is 0 Å². The second kappa shape index (κ2) is 7.29. The van der Waals surface area contributed by atoms with Crippen LogP contribution in [-0.2, 0) is 13.1 Å². The lowest BCUT2D eigenvalue weighted by molar-refractivity contribution is 0.315. The molecule has 0 atom stereocenters. The summed E-state index contributed by atoms with van der Waals surface area (Å²) in [6, 6.07) is 11.8. The van der Waals surface area contributed by atoms with E-state index in [1.165, 1.54) is 5.56 Å². The molecule has 21 heavy (non-hydrogen) atoms. The molecule has 0 saturated carbocycles. The van der Waals surface area contributed by atoms with E-state index in [0.717, 1.165) is 23.8 Å². The number of benzene rings is 1. The Balaban J connectivity index is 2.02. The third kappa shape index (κ3) is 4.34. The summed E-state index contributed by atoms with van der Waals surface area (Å²) < 4.78 is 5.16. The molecule has 0 bridgehead atoms. The van der Waals surface area contributed by atoms with Gasteiger partial charge in [0.05, 0.1) is 17.8 Å². The summed E-state index contributed by atoms with van der Waals surface area (Å²) in [6.45, 7) is 1.52. The van der Waals surface area contributed by atoms with Gasteiger partial charge in [0, 0.05) is 20.1 Å². The molecule has 4 nitrogen and oxygen atoms in total. The van der Waals surface area contributed by atoms with E-state index in [2.05, 4.69) is 27.3 Å². The normalized spacial score (nSPS) is 10.7. The molecule has 0 radical (unpaired) electrons. The zero-order valence-electron chi connectivity index (χ0n) is 12.6. The van der Waals surface area contributed by atoms with E-state index in [1.54, 1.807) is 7.11 Å². The van der Waals surface area contributed by atoms with Gasteiger partial charge in [-0.05, 0) is 36.9 Å². The van der Waals surface area contributed by atoms with Crippen molar-refractivity contribution < 1.29 is 4.74 Å². The Hall–Kier alpha value is -1.78. The summed E-state index contributed by atoms with van der Waals surface area (Å²) in [5.41, 5.74) is 2.10. The fraction of sp³-hybridized carbons (Fsp3) is 0.312. The number of nitrogens with one attached hydrogen (secondary N) is 1. The molecular formula is C16H20ClN3O. The molecule has 0 aliphatic heterocycles. The third-order valence-corrected chi connectivity index (χ3v) is 3.55. The number of hydrogen-bond acceptors (Lipinski definition) is 4. The van der Waals surface area contributed by atoms with Crippen LogP contribution in [-0.4, -0.2) is 31.1 Å². The first-order chi connectivity index (χ1) is 10.1. The molecule has 0 aliphatic carbocycles. The summed E-state index contributed by atoms with van der Waals surface area (Å²) in [4.78, 5) is 6.67. The van der Waals surface area contributed by atoms with Crippen LogP contribution in [0.3, 0.4) is 0 Å². The molecule has 2 aromatic rings. The number of methoxy groups -OCH3 is 1. The van der Waals surface area contributed by atoms with Crippen LogP contribution < -0.4 is 10.1 Å². The fourth-order valence-electron chi connectivity index (χ4n) is 2.09. The Morgan fingerprint density at radius 3 is 2.48 bits per heavy atom. The summed E-state index contributed by atoms with van der Waals surface area (Å²) in [5.74, 6) is 1.69. The second-order valence-corrected chi connectivity index (χ2v) is 5.30. The van der Waals surface area contributed by atoms with Crippen molar-refractivity contribution in [2.75, 3.05) is 26.5 Å². The number of ether oxygens (including phenoxy) is 1. The molecule has 0 aliphatic rings. The van der Waals surface area contributed by atoms with Crippen molar-refractivity contribution in [2.45, 2.75) is 13.1 Å². The van der Waals surface area contributed by atoms with Crippen molar-refractivity contribution in [3.63, 3.8) is 0 Å². The third-order valence-electron chi connectivity index (χ3n) is 3.21. The number of pyridine rings is 1. The van der Waals surface area contributed by atoms with E-state index < -0.39 is 0 Å². The Bertz CT molecular complexity index is 587. The van der Waals surface area contributed by atoms with E-state index in [1.807, 2.05) is 38.4 Å². The minimum Gasteiger partial charge on any atom is -0.497 e. The number of aromatic nitrogens is 1. The maximum atomic E-state index is 6.21. The number of halogens is 1. The lowest BCUT2D eigenvalue weighted by atomic mass is 10.2. The van der Waals surface area contributed by atoms with Gasteiger partial charge in [0.2, 0.25) is 0 Å². The quantitative estimate of drug-likeness (QED) is 0.887. The molecule has 0 saturated heterocycles. The highest BCUT2D eigenvalue weighted by molar-refractivity contribution is 6.31. The molecular weight excluding hydrogens is 286 g/mol. The van der Waals surface area contributed by atoms with Crippen molar-refractivity contribution in [1.82, 2.24) is 9.88 Å². The second-order valence-electron chi connectivity index (χ2n) is 4.90. The van der Waals surface area contributed by atoms with Gasteiger partial charge in [-0.25, -0.2) is 4.98 Å². The van der Waals surface area contributed by atoms with Gasteiger partial charge in [0.15, 0.2) is 0 Å². The molecule has 1 aromatic carbocycles. The van der Waals surface area contributed by atoms with Crippen molar-refractivity contribution in [1.29, 1.82) is 0 Å². The standard InChI is InChI=1S/C16H20ClN3O/c1-18-16-9-8-14(17)15(19-16)11-20(2)10-12-4-6-13(21-3)7-5-12/h4-9H,10-11H2,1-3H3,(H,18,19). The first-order valence-electron chi connectivity index (χ1n) is 6.77. The molecule has 0 spiro atoms. The molecule has 0 unspecified atom stereocenters. The van der Waals surface area contributed by atoms with E-state index in [4.69, 9.17) is 16.3 Å². The zero-order valence-corrected chi connectivity index (χ0v) is 13.3. The Kier molecular flexibility index (Phi) is 5.42. The Morgan fingerprint density at radius 1 is 1.14 bits per heavy atom. The number of hydrogen-bond donors (Lipinski definition) is 1. The predicted octanol–water partition coefficient (Wildman–Crippen LogP) is 3.42. The lowest BCUT2D eigenvalue weighted by Gasteiger charge is -2.17. The number of anilines is 1.